The first-order valence-electron chi connectivity index (χ1n) is 7.28. The Bertz CT molecular complexity index is 264. The molecule has 1 N–H and O–H groups in total. The van der Waals surface area contributed by atoms with Gasteiger partial charge >= 0.3 is 6.18 Å². The fourth-order valence-electron chi connectivity index (χ4n) is 3.60. The topological polar surface area (TPSA) is 12.0 Å². The van der Waals surface area contributed by atoms with Crippen molar-refractivity contribution in [3.63, 3.8) is 0 Å². The first-order chi connectivity index (χ1) is 8.48. The minimum atomic E-state index is -4.03. The van der Waals surface area contributed by atoms with Gasteiger partial charge in [0.15, 0.2) is 0 Å². The van der Waals surface area contributed by atoms with E-state index in [4.69, 9.17) is 0 Å². The van der Waals surface area contributed by atoms with Crippen molar-refractivity contribution in [2.45, 2.75) is 64.1 Å². The second kappa shape index (κ2) is 5.81. The highest BCUT2D eigenvalue weighted by molar-refractivity contribution is 4.87. The Morgan fingerprint density at radius 2 is 1.72 bits per heavy atom. The lowest BCUT2D eigenvalue weighted by Gasteiger charge is -2.34. The third-order valence-electron chi connectivity index (χ3n) is 4.87. The molecule has 0 aliphatic heterocycles. The predicted molar refractivity (Wildman–Crippen MR) is 66.3 cm³/mol. The molecule has 0 radical (unpaired) electrons. The first kappa shape index (κ1) is 14.2. The van der Waals surface area contributed by atoms with E-state index in [0.29, 0.717) is 24.7 Å². The second-order valence-electron chi connectivity index (χ2n) is 6.12. The predicted octanol–water partition coefficient (Wildman–Crippen LogP) is 4.13. The molecule has 4 unspecified atom stereocenters. The number of nitrogens with one attached hydrogen (secondary N) is 1. The third kappa shape index (κ3) is 3.40. The Morgan fingerprint density at radius 3 is 2.33 bits per heavy atom. The van der Waals surface area contributed by atoms with E-state index in [0.717, 1.165) is 19.4 Å². The molecule has 0 spiro atoms. The molecule has 2 aliphatic rings. The Hall–Kier alpha value is -0.250. The van der Waals surface area contributed by atoms with E-state index in [1.807, 2.05) is 0 Å². The monoisotopic (exact) mass is 263 g/mol. The maximum absolute atomic E-state index is 12.9. The summed E-state index contributed by atoms with van der Waals surface area (Å²) in [6, 6.07) is -0.341. The molecule has 0 amide bonds. The second-order valence-corrected chi connectivity index (χ2v) is 6.12. The molecule has 0 bridgehead atoms. The number of halogens is 3. The molecule has 18 heavy (non-hydrogen) atoms. The summed E-state index contributed by atoms with van der Waals surface area (Å²) in [5.74, 6) is 0.134. The van der Waals surface area contributed by atoms with Crippen molar-refractivity contribution < 1.29 is 13.2 Å². The van der Waals surface area contributed by atoms with Gasteiger partial charge < -0.3 is 5.32 Å². The first-order valence-corrected chi connectivity index (χ1v) is 7.28. The summed E-state index contributed by atoms with van der Waals surface area (Å²) in [7, 11) is 0. The van der Waals surface area contributed by atoms with Crippen molar-refractivity contribution in [3.8, 4) is 0 Å². The maximum atomic E-state index is 12.9. The molecule has 106 valence electrons. The van der Waals surface area contributed by atoms with Gasteiger partial charge in [0.05, 0.1) is 5.92 Å². The number of rotatable bonds is 3. The zero-order chi connectivity index (χ0) is 13.2. The highest BCUT2D eigenvalue weighted by Gasteiger charge is 2.45. The average Bonchev–Trinajstić information content (AvgIpc) is 2.71. The minimum absolute atomic E-state index is 0.307. The Labute approximate surface area is 108 Å². The van der Waals surface area contributed by atoms with E-state index in [1.165, 1.54) is 19.3 Å². The summed E-state index contributed by atoms with van der Waals surface area (Å²) in [6.45, 7) is 3.00. The molecule has 4 atom stereocenters. The zero-order valence-corrected chi connectivity index (χ0v) is 11.1. The Balaban J connectivity index is 1.86. The van der Waals surface area contributed by atoms with Gasteiger partial charge in [-0.05, 0) is 37.6 Å². The highest BCUT2D eigenvalue weighted by atomic mass is 19.4. The summed E-state index contributed by atoms with van der Waals surface area (Å²) in [5, 5.41) is 3.23. The van der Waals surface area contributed by atoms with Crippen LogP contribution in [0.4, 0.5) is 13.2 Å². The van der Waals surface area contributed by atoms with E-state index in [-0.39, 0.29) is 6.04 Å². The quantitative estimate of drug-likeness (QED) is 0.807. The maximum Gasteiger partial charge on any atom is 0.393 e. The van der Waals surface area contributed by atoms with Crippen LogP contribution in [-0.2, 0) is 0 Å². The van der Waals surface area contributed by atoms with E-state index in [2.05, 4.69) is 12.2 Å². The van der Waals surface area contributed by atoms with E-state index in [9.17, 15) is 13.2 Å². The fraction of sp³-hybridized carbons (Fsp3) is 1.00. The van der Waals surface area contributed by atoms with Crippen molar-refractivity contribution in [1.29, 1.82) is 0 Å². The van der Waals surface area contributed by atoms with Crippen molar-refractivity contribution >= 4 is 0 Å². The molecule has 2 aliphatic carbocycles. The largest absolute Gasteiger partial charge is 0.393 e. The van der Waals surface area contributed by atoms with Gasteiger partial charge in [-0.2, -0.15) is 13.2 Å². The van der Waals surface area contributed by atoms with Gasteiger partial charge in [0, 0.05) is 6.04 Å². The average molecular weight is 263 g/mol. The van der Waals surface area contributed by atoms with Crippen LogP contribution >= 0.6 is 0 Å². The molecule has 1 nitrogen and oxygen atoms in total. The number of alkyl halides is 3. The smallest absolute Gasteiger partial charge is 0.313 e. The van der Waals surface area contributed by atoms with Crippen LogP contribution in [0.15, 0.2) is 0 Å². The summed E-state index contributed by atoms with van der Waals surface area (Å²) in [5.41, 5.74) is 0. The highest BCUT2D eigenvalue weighted by Crippen LogP contribution is 2.38. The molecule has 2 rings (SSSR count). The van der Waals surface area contributed by atoms with Crippen LogP contribution in [-0.4, -0.2) is 18.8 Å². The van der Waals surface area contributed by atoms with Crippen molar-refractivity contribution in [2.75, 3.05) is 6.54 Å². The van der Waals surface area contributed by atoms with E-state index in [1.54, 1.807) is 0 Å². The normalized spacial score (nSPS) is 38.0. The minimum Gasteiger partial charge on any atom is -0.313 e. The summed E-state index contributed by atoms with van der Waals surface area (Å²) in [4.78, 5) is 0. The van der Waals surface area contributed by atoms with Gasteiger partial charge in [-0.3, -0.25) is 0 Å². The molecule has 4 heteroatoms. The van der Waals surface area contributed by atoms with Gasteiger partial charge in [-0.15, -0.1) is 0 Å². The summed E-state index contributed by atoms with van der Waals surface area (Å²) < 4.78 is 38.8. The van der Waals surface area contributed by atoms with Crippen LogP contribution in [0.2, 0.25) is 0 Å². The summed E-state index contributed by atoms with van der Waals surface area (Å²) in [6.07, 6.45) is 2.27. The lowest BCUT2D eigenvalue weighted by molar-refractivity contribution is -0.189. The number of hydrogen-bond acceptors (Lipinski definition) is 1. The fourth-order valence-corrected chi connectivity index (χ4v) is 3.60. The van der Waals surface area contributed by atoms with Crippen LogP contribution < -0.4 is 5.32 Å². The molecule has 0 aromatic heterocycles. The van der Waals surface area contributed by atoms with Crippen LogP contribution in [0.25, 0.3) is 0 Å². The van der Waals surface area contributed by atoms with Crippen molar-refractivity contribution in [3.05, 3.63) is 0 Å². The Kier molecular flexibility index (Phi) is 4.57. The summed E-state index contributed by atoms with van der Waals surface area (Å²) >= 11 is 0. The van der Waals surface area contributed by atoms with Crippen LogP contribution in [0.1, 0.15) is 51.9 Å². The lowest BCUT2D eigenvalue weighted by Crippen LogP contribution is -2.47. The molecule has 2 fully saturated rings. The van der Waals surface area contributed by atoms with Gasteiger partial charge in [-0.25, -0.2) is 0 Å². The van der Waals surface area contributed by atoms with Crippen LogP contribution in [0.5, 0.6) is 0 Å². The van der Waals surface area contributed by atoms with Gasteiger partial charge in [0.2, 0.25) is 0 Å². The molecular formula is C14H24F3N. The number of hydrogen-bond donors (Lipinski definition) is 1. The van der Waals surface area contributed by atoms with Crippen molar-refractivity contribution in [2.24, 2.45) is 17.8 Å². The zero-order valence-electron chi connectivity index (χ0n) is 11.1. The Morgan fingerprint density at radius 1 is 1.00 bits per heavy atom. The molecule has 0 aromatic carbocycles. The SMILES string of the molecule is CC1CCCC1CNC1CCCCC1C(F)(F)F. The van der Waals surface area contributed by atoms with Gasteiger partial charge in [0.1, 0.15) is 0 Å². The van der Waals surface area contributed by atoms with E-state index < -0.39 is 12.1 Å². The van der Waals surface area contributed by atoms with E-state index >= 15 is 0 Å². The van der Waals surface area contributed by atoms with Gasteiger partial charge in [-0.1, -0.05) is 32.6 Å². The van der Waals surface area contributed by atoms with Crippen molar-refractivity contribution in [1.82, 2.24) is 5.32 Å². The molecule has 0 heterocycles. The molecule has 0 saturated heterocycles. The molecule has 2 saturated carbocycles. The lowest BCUT2D eigenvalue weighted by atomic mass is 9.83. The van der Waals surface area contributed by atoms with Crippen LogP contribution in [0, 0.1) is 17.8 Å². The van der Waals surface area contributed by atoms with Crippen LogP contribution in [0.3, 0.4) is 0 Å². The van der Waals surface area contributed by atoms with Gasteiger partial charge in [0.25, 0.3) is 0 Å². The molecular weight excluding hydrogens is 239 g/mol. The standard InChI is InChI=1S/C14H24F3N/c1-10-5-4-6-11(10)9-18-13-8-3-2-7-12(13)14(15,16)17/h10-13,18H,2-9H2,1H3. The molecule has 0 aromatic rings. The third-order valence-corrected chi connectivity index (χ3v) is 4.87.